The minimum Gasteiger partial charge on any atom is -0.0645 e. The molecule has 0 nitrogen and oxygen atoms in total. The van der Waals surface area contributed by atoms with E-state index >= 15 is 0 Å². The van der Waals surface area contributed by atoms with Gasteiger partial charge in [-0.15, -0.1) is 0 Å². The van der Waals surface area contributed by atoms with E-state index in [1.165, 1.54) is 17.6 Å². The van der Waals surface area contributed by atoms with E-state index in [9.17, 15) is 0 Å². The number of hydrogen-bond donors (Lipinski definition) is 0. The molecule has 2 aliphatic carbocycles. The van der Waals surface area contributed by atoms with E-state index in [-0.39, 0.29) is 0 Å². The molecule has 0 amide bonds. The van der Waals surface area contributed by atoms with E-state index in [1.54, 1.807) is 0 Å². The van der Waals surface area contributed by atoms with Crippen LogP contribution in [-0.2, 0) is 0 Å². The van der Waals surface area contributed by atoms with Gasteiger partial charge in [0, 0.05) is 5.92 Å². The SMILES string of the molecule is CCC1C2=CC=C1C=C2. The molecule has 0 N–H and O–H groups in total. The summed E-state index contributed by atoms with van der Waals surface area (Å²) in [6.45, 7) is 2.24. The number of rotatable bonds is 1. The van der Waals surface area contributed by atoms with Crippen molar-refractivity contribution < 1.29 is 0 Å². The lowest BCUT2D eigenvalue weighted by Crippen LogP contribution is -1.92. The summed E-state index contributed by atoms with van der Waals surface area (Å²) in [4.78, 5) is 0. The molecule has 0 atom stereocenters. The maximum atomic E-state index is 2.24. The molecule has 0 heteroatoms. The molecule has 0 saturated carbocycles. The Morgan fingerprint density at radius 2 is 1.78 bits per heavy atom. The molecule has 0 spiro atoms. The Bertz CT molecular complexity index is 194. The molecule has 2 rings (SSSR count). The molecule has 46 valence electrons. The smallest absolute Gasteiger partial charge is 0.00867 e. The molecule has 0 aromatic heterocycles. The predicted molar refractivity (Wildman–Crippen MR) is 39.1 cm³/mol. The van der Waals surface area contributed by atoms with Crippen LogP contribution < -0.4 is 0 Å². The molecular weight excluding hydrogens is 108 g/mol. The van der Waals surface area contributed by atoms with E-state index < -0.39 is 0 Å². The largest absolute Gasteiger partial charge is 0.0645 e. The first-order chi connectivity index (χ1) is 4.42. The summed E-state index contributed by atoms with van der Waals surface area (Å²) in [5, 5.41) is 0. The lowest BCUT2D eigenvalue weighted by atomic mass is 10.00. The van der Waals surface area contributed by atoms with E-state index in [2.05, 4.69) is 31.2 Å². The third-order valence-electron chi connectivity index (χ3n) is 2.15. The summed E-state index contributed by atoms with van der Waals surface area (Å²) in [6.07, 6.45) is 10.2. The van der Waals surface area contributed by atoms with Gasteiger partial charge in [0.1, 0.15) is 0 Å². The van der Waals surface area contributed by atoms with Gasteiger partial charge < -0.3 is 0 Å². The van der Waals surface area contributed by atoms with Crippen LogP contribution in [0.15, 0.2) is 35.5 Å². The molecule has 0 aromatic carbocycles. The molecule has 0 saturated heterocycles. The van der Waals surface area contributed by atoms with Crippen molar-refractivity contribution in [2.45, 2.75) is 13.3 Å². The van der Waals surface area contributed by atoms with Gasteiger partial charge in [0.15, 0.2) is 0 Å². The Labute approximate surface area is 55.6 Å². The highest BCUT2D eigenvalue weighted by atomic mass is 14.3. The third kappa shape index (κ3) is 0.533. The Morgan fingerprint density at radius 1 is 1.22 bits per heavy atom. The van der Waals surface area contributed by atoms with Crippen molar-refractivity contribution >= 4 is 0 Å². The standard InChI is InChI=1S/C9H10/c1-2-9-7-3-4-8(9)6-5-7/h3-6,9H,2H2,1H3. The summed E-state index contributed by atoms with van der Waals surface area (Å²) in [7, 11) is 0. The lowest BCUT2D eigenvalue weighted by molar-refractivity contribution is 0.744. The van der Waals surface area contributed by atoms with E-state index in [4.69, 9.17) is 0 Å². The summed E-state index contributed by atoms with van der Waals surface area (Å²) >= 11 is 0. The first-order valence-electron chi connectivity index (χ1n) is 3.51. The average molecular weight is 118 g/mol. The topological polar surface area (TPSA) is 0 Å². The molecular formula is C9H10. The van der Waals surface area contributed by atoms with Gasteiger partial charge in [-0.3, -0.25) is 0 Å². The molecule has 9 heavy (non-hydrogen) atoms. The van der Waals surface area contributed by atoms with E-state index in [0.717, 1.165) is 5.92 Å². The van der Waals surface area contributed by atoms with Crippen LogP contribution in [0.25, 0.3) is 0 Å². The molecule has 2 bridgehead atoms. The quantitative estimate of drug-likeness (QED) is 0.496. The van der Waals surface area contributed by atoms with Crippen LogP contribution in [0.4, 0.5) is 0 Å². The zero-order chi connectivity index (χ0) is 6.27. The minimum atomic E-state index is 0.755. The summed E-state index contributed by atoms with van der Waals surface area (Å²) < 4.78 is 0. The summed E-state index contributed by atoms with van der Waals surface area (Å²) in [5.41, 5.74) is 3.01. The van der Waals surface area contributed by atoms with Crippen molar-refractivity contribution in [3.05, 3.63) is 35.5 Å². The molecule has 2 aliphatic rings. The monoisotopic (exact) mass is 118 g/mol. The average Bonchev–Trinajstić information content (AvgIpc) is 2.44. The Hall–Kier alpha value is -0.780. The van der Waals surface area contributed by atoms with Crippen molar-refractivity contribution in [1.29, 1.82) is 0 Å². The molecule has 0 radical (unpaired) electrons. The number of hydrogen-bond acceptors (Lipinski definition) is 0. The number of allylic oxidation sites excluding steroid dienone is 6. The Balaban J connectivity index is 2.38. The van der Waals surface area contributed by atoms with Crippen molar-refractivity contribution in [2.75, 3.05) is 0 Å². The Kier molecular flexibility index (Phi) is 0.895. The Morgan fingerprint density at radius 3 is 2.00 bits per heavy atom. The fourth-order valence-electron chi connectivity index (χ4n) is 1.62. The van der Waals surface area contributed by atoms with Crippen LogP contribution in [0.2, 0.25) is 0 Å². The van der Waals surface area contributed by atoms with Crippen molar-refractivity contribution in [3.8, 4) is 0 Å². The van der Waals surface area contributed by atoms with Crippen LogP contribution in [0.1, 0.15) is 13.3 Å². The second-order valence-electron chi connectivity index (χ2n) is 2.63. The van der Waals surface area contributed by atoms with Crippen LogP contribution in [0, 0.1) is 5.92 Å². The highest BCUT2D eigenvalue weighted by Crippen LogP contribution is 2.36. The van der Waals surface area contributed by atoms with Gasteiger partial charge in [-0.1, -0.05) is 31.2 Å². The zero-order valence-corrected chi connectivity index (χ0v) is 5.59. The van der Waals surface area contributed by atoms with Crippen LogP contribution >= 0.6 is 0 Å². The second-order valence-corrected chi connectivity index (χ2v) is 2.63. The molecule has 0 aromatic rings. The van der Waals surface area contributed by atoms with Gasteiger partial charge in [0.2, 0.25) is 0 Å². The van der Waals surface area contributed by atoms with Gasteiger partial charge >= 0.3 is 0 Å². The molecule has 0 heterocycles. The first-order valence-corrected chi connectivity index (χ1v) is 3.51. The fourth-order valence-corrected chi connectivity index (χ4v) is 1.62. The summed E-state index contributed by atoms with van der Waals surface area (Å²) in [6, 6.07) is 0. The van der Waals surface area contributed by atoms with Crippen molar-refractivity contribution in [3.63, 3.8) is 0 Å². The third-order valence-corrected chi connectivity index (χ3v) is 2.15. The summed E-state index contributed by atoms with van der Waals surface area (Å²) in [5.74, 6) is 0.755. The first kappa shape index (κ1) is 5.04. The molecule has 0 fully saturated rings. The van der Waals surface area contributed by atoms with Gasteiger partial charge in [0.05, 0.1) is 0 Å². The van der Waals surface area contributed by atoms with Crippen molar-refractivity contribution in [1.82, 2.24) is 0 Å². The lowest BCUT2D eigenvalue weighted by Gasteiger charge is -2.04. The minimum absolute atomic E-state index is 0.755. The van der Waals surface area contributed by atoms with Crippen LogP contribution in [0.5, 0.6) is 0 Å². The normalized spacial score (nSPS) is 22.8. The van der Waals surface area contributed by atoms with Gasteiger partial charge in [-0.2, -0.15) is 0 Å². The van der Waals surface area contributed by atoms with Gasteiger partial charge in [-0.25, -0.2) is 0 Å². The zero-order valence-electron chi connectivity index (χ0n) is 5.59. The van der Waals surface area contributed by atoms with Crippen LogP contribution in [0.3, 0.4) is 0 Å². The van der Waals surface area contributed by atoms with Crippen molar-refractivity contribution in [2.24, 2.45) is 5.92 Å². The highest BCUT2D eigenvalue weighted by molar-refractivity contribution is 5.52. The van der Waals surface area contributed by atoms with Gasteiger partial charge in [-0.05, 0) is 17.6 Å². The van der Waals surface area contributed by atoms with E-state index in [1.807, 2.05) is 0 Å². The maximum Gasteiger partial charge on any atom is 0.00867 e. The van der Waals surface area contributed by atoms with Gasteiger partial charge in [0.25, 0.3) is 0 Å². The highest BCUT2D eigenvalue weighted by Gasteiger charge is 2.21. The second kappa shape index (κ2) is 1.60. The van der Waals surface area contributed by atoms with E-state index in [0.29, 0.717) is 0 Å². The predicted octanol–water partition coefficient (Wildman–Crippen LogP) is 2.45. The maximum absolute atomic E-state index is 2.24. The molecule has 0 aliphatic heterocycles. The molecule has 0 unspecified atom stereocenters. The van der Waals surface area contributed by atoms with Crippen LogP contribution in [-0.4, -0.2) is 0 Å². The fraction of sp³-hybridized carbons (Fsp3) is 0.333. The number of fused-ring (bicyclic) bond motifs is 2.